The molecular weight excluding hydrogens is 340 g/mol. The Morgan fingerprint density at radius 3 is 2.52 bits per heavy atom. The Morgan fingerprint density at radius 2 is 1.88 bits per heavy atom. The van der Waals surface area contributed by atoms with E-state index in [-0.39, 0.29) is 23.8 Å². The number of aliphatic carboxylic acids is 1. The number of thiophene rings is 1. The second-order valence-electron chi connectivity index (χ2n) is 6.88. The Balaban J connectivity index is 1.60. The van der Waals surface area contributed by atoms with Crippen LogP contribution in [0.5, 0.6) is 0 Å². The molecule has 0 bridgehead atoms. The molecule has 2 N–H and O–H groups in total. The van der Waals surface area contributed by atoms with Gasteiger partial charge in [0.25, 0.3) is 5.91 Å². The van der Waals surface area contributed by atoms with Gasteiger partial charge in [-0.3, -0.25) is 14.4 Å². The van der Waals surface area contributed by atoms with Gasteiger partial charge >= 0.3 is 5.97 Å². The van der Waals surface area contributed by atoms with Crippen LogP contribution in [0.2, 0.25) is 0 Å². The topological polar surface area (TPSA) is 86.7 Å². The number of nitrogens with zero attached hydrogens (tertiary/aromatic N) is 1. The van der Waals surface area contributed by atoms with Crippen molar-refractivity contribution in [2.75, 3.05) is 6.54 Å². The van der Waals surface area contributed by atoms with Gasteiger partial charge in [-0.25, -0.2) is 0 Å². The number of piperidine rings is 1. The van der Waals surface area contributed by atoms with Gasteiger partial charge in [-0.2, -0.15) is 0 Å². The van der Waals surface area contributed by atoms with E-state index in [1.165, 1.54) is 11.3 Å². The SMILES string of the molecule is O=C(O)C1CCC(NC(=O)C2CCCCN2C(=O)c2cccs2)CC1. The third kappa shape index (κ3) is 4.21. The maximum atomic E-state index is 12.7. The average Bonchev–Trinajstić information content (AvgIpc) is 3.16. The molecule has 1 saturated heterocycles. The van der Waals surface area contributed by atoms with E-state index < -0.39 is 12.0 Å². The number of rotatable bonds is 4. The van der Waals surface area contributed by atoms with E-state index in [2.05, 4.69) is 5.32 Å². The summed E-state index contributed by atoms with van der Waals surface area (Å²) in [6.45, 7) is 0.612. The molecule has 2 aliphatic rings. The number of likely N-dealkylation sites (tertiary alicyclic amines) is 1. The molecule has 7 heteroatoms. The number of nitrogens with one attached hydrogen (secondary N) is 1. The van der Waals surface area contributed by atoms with Gasteiger partial charge < -0.3 is 15.3 Å². The van der Waals surface area contributed by atoms with E-state index in [4.69, 9.17) is 5.11 Å². The van der Waals surface area contributed by atoms with Gasteiger partial charge in [-0.1, -0.05) is 6.07 Å². The molecule has 6 nitrogen and oxygen atoms in total. The number of carbonyl (C=O) groups excluding carboxylic acids is 2. The first kappa shape index (κ1) is 17.9. The lowest BCUT2D eigenvalue weighted by Gasteiger charge is -2.36. The standard InChI is InChI=1S/C18H24N2O4S/c21-16(19-13-8-6-12(7-9-13)18(23)24)14-4-1-2-10-20(14)17(22)15-5-3-11-25-15/h3,5,11-14H,1-2,4,6-10H2,(H,19,21)(H,23,24). The first-order chi connectivity index (χ1) is 12.1. The normalized spacial score (nSPS) is 26.9. The zero-order valence-corrected chi connectivity index (χ0v) is 15.0. The molecule has 3 rings (SSSR count). The molecule has 2 amide bonds. The number of carbonyl (C=O) groups is 3. The van der Waals surface area contributed by atoms with Crippen LogP contribution in [0.25, 0.3) is 0 Å². The molecule has 0 radical (unpaired) electrons. The maximum absolute atomic E-state index is 12.7. The second kappa shape index (κ2) is 7.99. The number of carboxylic acid groups (broad SMARTS) is 1. The number of amides is 2. The summed E-state index contributed by atoms with van der Waals surface area (Å²) in [4.78, 5) is 38.8. The van der Waals surface area contributed by atoms with E-state index in [9.17, 15) is 14.4 Å². The van der Waals surface area contributed by atoms with Crippen LogP contribution in [0.1, 0.15) is 54.6 Å². The highest BCUT2D eigenvalue weighted by molar-refractivity contribution is 7.12. The maximum Gasteiger partial charge on any atom is 0.306 e. The molecule has 1 unspecified atom stereocenters. The summed E-state index contributed by atoms with van der Waals surface area (Å²) in [6, 6.07) is 3.24. The first-order valence-electron chi connectivity index (χ1n) is 8.94. The summed E-state index contributed by atoms with van der Waals surface area (Å²) >= 11 is 1.40. The molecule has 2 fully saturated rings. The third-order valence-electron chi connectivity index (χ3n) is 5.22. The van der Waals surface area contributed by atoms with Gasteiger partial charge in [0.1, 0.15) is 6.04 Å². The van der Waals surface area contributed by atoms with Gasteiger partial charge in [0, 0.05) is 12.6 Å². The Morgan fingerprint density at radius 1 is 1.12 bits per heavy atom. The Labute approximate surface area is 151 Å². The van der Waals surface area contributed by atoms with Crippen LogP contribution < -0.4 is 5.32 Å². The van der Waals surface area contributed by atoms with Gasteiger partial charge in [0.05, 0.1) is 10.8 Å². The van der Waals surface area contributed by atoms with Gasteiger partial charge in [0.2, 0.25) is 5.91 Å². The van der Waals surface area contributed by atoms with E-state index in [1.807, 2.05) is 11.4 Å². The highest BCUT2D eigenvalue weighted by atomic mass is 32.1. The predicted octanol–water partition coefficient (Wildman–Crippen LogP) is 2.50. The summed E-state index contributed by atoms with van der Waals surface area (Å²) < 4.78 is 0. The van der Waals surface area contributed by atoms with Crippen LogP contribution in [-0.2, 0) is 9.59 Å². The zero-order valence-electron chi connectivity index (χ0n) is 14.1. The number of hydrogen-bond acceptors (Lipinski definition) is 4. The van der Waals surface area contributed by atoms with Crippen molar-refractivity contribution in [2.45, 2.75) is 57.0 Å². The molecule has 136 valence electrons. The average molecular weight is 364 g/mol. The van der Waals surface area contributed by atoms with Crippen LogP contribution >= 0.6 is 11.3 Å². The minimum atomic E-state index is -0.746. The van der Waals surface area contributed by atoms with Gasteiger partial charge in [-0.05, 0) is 56.4 Å². The molecular formula is C18H24N2O4S. The third-order valence-corrected chi connectivity index (χ3v) is 6.08. The van der Waals surface area contributed by atoms with E-state index >= 15 is 0 Å². The molecule has 1 atom stereocenters. The highest BCUT2D eigenvalue weighted by Crippen LogP contribution is 2.26. The van der Waals surface area contributed by atoms with Crippen molar-refractivity contribution >= 4 is 29.1 Å². The lowest BCUT2D eigenvalue weighted by atomic mass is 9.86. The minimum absolute atomic E-state index is 0.0173. The lowest BCUT2D eigenvalue weighted by Crippen LogP contribution is -2.54. The quantitative estimate of drug-likeness (QED) is 0.859. The Bertz CT molecular complexity index is 623. The van der Waals surface area contributed by atoms with Crippen molar-refractivity contribution in [3.63, 3.8) is 0 Å². The Hall–Kier alpha value is -1.89. The van der Waals surface area contributed by atoms with Crippen LogP contribution in [0.15, 0.2) is 17.5 Å². The molecule has 2 heterocycles. The van der Waals surface area contributed by atoms with E-state index in [0.29, 0.717) is 43.5 Å². The van der Waals surface area contributed by atoms with Crippen LogP contribution in [0.3, 0.4) is 0 Å². The van der Waals surface area contributed by atoms with Crippen molar-refractivity contribution in [1.29, 1.82) is 0 Å². The molecule has 1 saturated carbocycles. The van der Waals surface area contributed by atoms with Gasteiger partial charge in [-0.15, -0.1) is 11.3 Å². The molecule has 1 aliphatic heterocycles. The fourth-order valence-electron chi connectivity index (χ4n) is 3.77. The van der Waals surface area contributed by atoms with Crippen LogP contribution in [-0.4, -0.2) is 46.4 Å². The molecule has 0 spiro atoms. The van der Waals surface area contributed by atoms with Crippen molar-refractivity contribution in [3.05, 3.63) is 22.4 Å². The second-order valence-corrected chi connectivity index (χ2v) is 7.83. The lowest BCUT2D eigenvalue weighted by molar-refractivity contribution is -0.142. The van der Waals surface area contributed by atoms with Crippen molar-refractivity contribution in [3.8, 4) is 0 Å². The van der Waals surface area contributed by atoms with Crippen molar-refractivity contribution < 1.29 is 19.5 Å². The highest BCUT2D eigenvalue weighted by Gasteiger charge is 2.35. The summed E-state index contributed by atoms with van der Waals surface area (Å²) in [5, 5.41) is 14.0. The largest absolute Gasteiger partial charge is 0.481 e. The molecule has 25 heavy (non-hydrogen) atoms. The summed E-state index contributed by atoms with van der Waals surface area (Å²) in [6.07, 6.45) is 5.13. The molecule has 0 aromatic carbocycles. The summed E-state index contributed by atoms with van der Waals surface area (Å²) in [5.74, 6) is -1.20. The van der Waals surface area contributed by atoms with Crippen molar-refractivity contribution in [1.82, 2.24) is 10.2 Å². The molecule has 1 aromatic heterocycles. The summed E-state index contributed by atoms with van der Waals surface area (Å²) in [5.41, 5.74) is 0. The predicted molar refractivity (Wildman–Crippen MR) is 94.5 cm³/mol. The minimum Gasteiger partial charge on any atom is -0.481 e. The monoisotopic (exact) mass is 364 g/mol. The Kier molecular flexibility index (Phi) is 5.73. The molecule has 1 aromatic rings. The van der Waals surface area contributed by atoms with E-state index in [1.54, 1.807) is 11.0 Å². The van der Waals surface area contributed by atoms with Crippen molar-refractivity contribution in [2.24, 2.45) is 5.92 Å². The summed E-state index contributed by atoms with van der Waals surface area (Å²) in [7, 11) is 0. The van der Waals surface area contributed by atoms with Crippen LogP contribution in [0, 0.1) is 5.92 Å². The van der Waals surface area contributed by atoms with E-state index in [0.717, 1.165) is 12.8 Å². The fourth-order valence-corrected chi connectivity index (χ4v) is 4.45. The zero-order chi connectivity index (χ0) is 17.8. The fraction of sp³-hybridized carbons (Fsp3) is 0.611. The van der Waals surface area contributed by atoms with Crippen LogP contribution in [0.4, 0.5) is 0 Å². The van der Waals surface area contributed by atoms with Gasteiger partial charge in [0.15, 0.2) is 0 Å². The number of hydrogen-bond donors (Lipinski definition) is 2. The molecule has 1 aliphatic carbocycles. The smallest absolute Gasteiger partial charge is 0.306 e. The first-order valence-corrected chi connectivity index (χ1v) is 9.82. The number of carboxylic acids is 1.